The Bertz CT molecular complexity index is 551. The second-order valence-electron chi connectivity index (χ2n) is 6.13. The van der Waals surface area contributed by atoms with E-state index >= 15 is 0 Å². The highest BCUT2D eigenvalue weighted by atomic mass is 16.5. The third-order valence-corrected chi connectivity index (χ3v) is 4.34. The minimum absolute atomic E-state index is 0.0816. The van der Waals surface area contributed by atoms with Crippen LogP contribution in [0.1, 0.15) is 37.8 Å². The van der Waals surface area contributed by atoms with E-state index < -0.39 is 0 Å². The Labute approximate surface area is 149 Å². The van der Waals surface area contributed by atoms with Crippen molar-refractivity contribution in [2.24, 2.45) is 5.92 Å². The molecule has 25 heavy (non-hydrogen) atoms. The molecule has 1 saturated heterocycles. The molecule has 2 rings (SSSR count). The van der Waals surface area contributed by atoms with Gasteiger partial charge in [-0.3, -0.25) is 4.79 Å². The highest BCUT2D eigenvalue weighted by molar-refractivity contribution is 5.76. The van der Waals surface area contributed by atoms with Crippen molar-refractivity contribution in [2.45, 2.75) is 39.8 Å². The molecule has 1 aromatic carbocycles. The van der Waals surface area contributed by atoms with Crippen LogP contribution in [0, 0.1) is 5.92 Å². The van der Waals surface area contributed by atoms with Crippen molar-refractivity contribution >= 4 is 12.0 Å². The maximum absolute atomic E-state index is 12.3. The van der Waals surface area contributed by atoms with Gasteiger partial charge >= 0.3 is 12.0 Å². The normalized spacial score (nSPS) is 15.0. The fourth-order valence-electron chi connectivity index (χ4n) is 2.84. The Balaban J connectivity index is 1.73. The van der Waals surface area contributed by atoms with Crippen molar-refractivity contribution in [2.75, 3.05) is 26.3 Å². The maximum Gasteiger partial charge on any atom is 0.317 e. The van der Waals surface area contributed by atoms with Crippen LogP contribution >= 0.6 is 0 Å². The van der Waals surface area contributed by atoms with Crippen LogP contribution in [0.25, 0.3) is 0 Å². The van der Waals surface area contributed by atoms with Crippen LogP contribution in [0.15, 0.2) is 24.3 Å². The van der Waals surface area contributed by atoms with Gasteiger partial charge in [-0.25, -0.2) is 4.79 Å². The van der Waals surface area contributed by atoms with Crippen LogP contribution in [0.5, 0.6) is 0 Å². The summed E-state index contributed by atoms with van der Waals surface area (Å²) in [6, 6.07) is 7.95. The van der Waals surface area contributed by atoms with Crippen molar-refractivity contribution in [1.82, 2.24) is 10.2 Å². The summed E-state index contributed by atoms with van der Waals surface area (Å²) in [5, 5.41) is 2.94. The van der Waals surface area contributed by atoms with E-state index in [0.717, 1.165) is 11.1 Å². The van der Waals surface area contributed by atoms with Gasteiger partial charge in [-0.1, -0.05) is 24.3 Å². The summed E-state index contributed by atoms with van der Waals surface area (Å²) < 4.78 is 10.4. The summed E-state index contributed by atoms with van der Waals surface area (Å²) in [5.41, 5.74) is 2.17. The average Bonchev–Trinajstić information content (AvgIpc) is 2.65. The molecule has 0 spiro atoms. The molecule has 6 nitrogen and oxygen atoms in total. The maximum atomic E-state index is 12.3. The summed E-state index contributed by atoms with van der Waals surface area (Å²) in [6.45, 7) is 7.16. The number of piperidine rings is 1. The summed E-state index contributed by atoms with van der Waals surface area (Å²) in [6.07, 6.45) is 1.33. The average molecular weight is 348 g/mol. The number of likely N-dealkylation sites (tertiary alicyclic amines) is 1. The molecular formula is C19H28N2O4. The SMILES string of the molecule is CCOCc1ccc(CNC(=O)N2CCC(C(=O)OCC)CC2)cc1. The van der Waals surface area contributed by atoms with Gasteiger partial charge in [-0.2, -0.15) is 0 Å². The van der Waals surface area contributed by atoms with Crippen LogP contribution < -0.4 is 5.32 Å². The zero-order chi connectivity index (χ0) is 18.1. The number of esters is 1. The Morgan fingerprint density at radius 3 is 2.32 bits per heavy atom. The van der Waals surface area contributed by atoms with E-state index in [2.05, 4.69) is 5.32 Å². The standard InChI is InChI=1S/C19H28N2O4/c1-3-24-14-16-7-5-15(6-8-16)13-20-19(23)21-11-9-17(10-12-21)18(22)25-4-2/h5-8,17H,3-4,9-14H2,1-2H3,(H,20,23). The van der Waals surface area contributed by atoms with Crippen molar-refractivity contribution in [3.05, 3.63) is 35.4 Å². The van der Waals surface area contributed by atoms with Crippen molar-refractivity contribution in [3.63, 3.8) is 0 Å². The molecular weight excluding hydrogens is 320 g/mol. The number of carbonyl (C=O) groups excluding carboxylic acids is 2. The van der Waals surface area contributed by atoms with E-state index in [9.17, 15) is 9.59 Å². The molecule has 1 aromatic rings. The van der Waals surface area contributed by atoms with Crippen molar-refractivity contribution in [1.29, 1.82) is 0 Å². The second kappa shape index (κ2) is 10.0. The number of nitrogens with zero attached hydrogens (tertiary/aromatic N) is 1. The summed E-state index contributed by atoms with van der Waals surface area (Å²) >= 11 is 0. The highest BCUT2D eigenvalue weighted by Crippen LogP contribution is 2.18. The first-order valence-electron chi connectivity index (χ1n) is 8.99. The van der Waals surface area contributed by atoms with Crippen LogP contribution in [-0.2, 0) is 27.4 Å². The van der Waals surface area contributed by atoms with E-state index in [-0.39, 0.29) is 17.9 Å². The first-order valence-corrected chi connectivity index (χ1v) is 8.99. The lowest BCUT2D eigenvalue weighted by Crippen LogP contribution is -2.45. The lowest BCUT2D eigenvalue weighted by atomic mass is 9.97. The lowest BCUT2D eigenvalue weighted by molar-refractivity contribution is -0.149. The number of hydrogen-bond donors (Lipinski definition) is 1. The van der Waals surface area contributed by atoms with Gasteiger partial charge < -0.3 is 19.7 Å². The van der Waals surface area contributed by atoms with Gasteiger partial charge in [0.05, 0.1) is 19.1 Å². The Kier molecular flexibility index (Phi) is 7.73. The topological polar surface area (TPSA) is 67.9 Å². The monoisotopic (exact) mass is 348 g/mol. The number of nitrogens with one attached hydrogen (secondary N) is 1. The molecule has 1 aliphatic rings. The molecule has 0 unspecified atom stereocenters. The Morgan fingerprint density at radius 2 is 1.72 bits per heavy atom. The molecule has 138 valence electrons. The smallest absolute Gasteiger partial charge is 0.317 e. The number of carbonyl (C=O) groups is 2. The van der Waals surface area contributed by atoms with E-state index in [4.69, 9.17) is 9.47 Å². The van der Waals surface area contributed by atoms with Gasteiger partial charge in [0.25, 0.3) is 0 Å². The Morgan fingerprint density at radius 1 is 1.08 bits per heavy atom. The molecule has 0 bridgehead atoms. The number of urea groups is 1. The third kappa shape index (κ3) is 6.05. The van der Waals surface area contributed by atoms with Crippen LogP contribution in [0.3, 0.4) is 0 Å². The molecule has 1 heterocycles. The lowest BCUT2D eigenvalue weighted by Gasteiger charge is -2.30. The zero-order valence-corrected chi connectivity index (χ0v) is 15.1. The van der Waals surface area contributed by atoms with Gasteiger partial charge in [0.2, 0.25) is 0 Å². The van der Waals surface area contributed by atoms with Crippen LogP contribution in [0.2, 0.25) is 0 Å². The van der Waals surface area contributed by atoms with Crippen molar-refractivity contribution < 1.29 is 19.1 Å². The molecule has 2 amide bonds. The van der Waals surface area contributed by atoms with E-state index in [1.54, 1.807) is 4.90 Å². The number of hydrogen-bond acceptors (Lipinski definition) is 4. The molecule has 1 aliphatic heterocycles. The quantitative estimate of drug-likeness (QED) is 0.769. The van der Waals surface area contributed by atoms with Crippen LogP contribution in [-0.4, -0.2) is 43.2 Å². The minimum Gasteiger partial charge on any atom is -0.466 e. The first-order chi connectivity index (χ1) is 12.1. The number of rotatable bonds is 7. The second-order valence-corrected chi connectivity index (χ2v) is 6.13. The minimum atomic E-state index is -0.144. The molecule has 0 aliphatic carbocycles. The molecule has 0 saturated carbocycles. The van der Waals surface area contributed by atoms with E-state index in [0.29, 0.717) is 52.3 Å². The number of amides is 2. The summed E-state index contributed by atoms with van der Waals surface area (Å²) in [4.78, 5) is 25.8. The van der Waals surface area contributed by atoms with Gasteiger partial charge in [0.1, 0.15) is 0 Å². The predicted molar refractivity (Wildman–Crippen MR) is 94.9 cm³/mol. The van der Waals surface area contributed by atoms with Gasteiger partial charge in [-0.05, 0) is 37.8 Å². The molecule has 0 atom stereocenters. The fourth-order valence-corrected chi connectivity index (χ4v) is 2.84. The van der Waals surface area contributed by atoms with Gasteiger partial charge in [0, 0.05) is 26.2 Å². The van der Waals surface area contributed by atoms with Gasteiger partial charge in [-0.15, -0.1) is 0 Å². The largest absolute Gasteiger partial charge is 0.466 e. The number of ether oxygens (including phenoxy) is 2. The van der Waals surface area contributed by atoms with E-state index in [1.165, 1.54) is 0 Å². The van der Waals surface area contributed by atoms with Crippen LogP contribution in [0.4, 0.5) is 4.79 Å². The number of benzene rings is 1. The Hall–Kier alpha value is -2.08. The summed E-state index contributed by atoms with van der Waals surface area (Å²) in [5.74, 6) is -0.225. The zero-order valence-electron chi connectivity index (χ0n) is 15.1. The van der Waals surface area contributed by atoms with E-state index in [1.807, 2.05) is 38.1 Å². The highest BCUT2D eigenvalue weighted by Gasteiger charge is 2.27. The molecule has 1 N–H and O–H groups in total. The molecule has 0 aromatic heterocycles. The molecule has 0 radical (unpaired) electrons. The molecule has 1 fully saturated rings. The third-order valence-electron chi connectivity index (χ3n) is 4.34. The predicted octanol–water partition coefficient (Wildman–Crippen LogP) is 2.71. The fraction of sp³-hybridized carbons (Fsp3) is 0.579. The first kappa shape index (κ1) is 19.2. The summed E-state index contributed by atoms with van der Waals surface area (Å²) in [7, 11) is 0. The molecule has 6 heteroatoms. The van der Waals surface area contributed by atoms with Crippen molar-refractivity contribution in [3.8, 4) is 0 Å². The van der Waals surface area contributed by atoms with Gasteiger partial charge in [0.15, 0.2) is 0 Å².